The lowest BCUT2D eigenvalue weighted by Gasteiger charge is -2.12. The number of phenols is 1. The Labute approximate surface area is 95.0 Å². The Balaban J connectivity index is 3.10. The molecule has 0 saturated carbocycles. The topological polar surface area (TPSA) is 49.5 Å². The smallest absolute Gasteiger partial charge is 0.127 e. The van der Waals surface area contributed by atoms with Gasteiger partial charge < -0.3 is 15.7 Å². The van der Waals surface area contributed by atoms with E-state index in [2.05, 4.69) is 0 Å². The van der Waals surface area contributed by atoms with Gasteiger partial charge in [0.1, 0.15) is 11.6 Å². The van der Waals surface area contributed by atoms with Crippen molar-refractivity contribution in [2.24, 2.45) is 5.73 Å². The molecule has 0 fully saturated rings. The molecule has 0 heterocycles. The zero-order valence-corrected chi connectivity index (χ0v) is 9.57. The molecule has 0 aromatic heterocycles. The first-order valence-corrected chi connectivity index (χ1v) is 5.07. The van der Waals surface area contributed by atoms with Gasteiger partial charge in [0.05, 0.1) is 0 Å². The van der Waals surface area contributed by atoms with Crippen LogP contribution in [-0.2, 0) is 6.54 Å². The van der Waals surface area contributed by atoms with Crippen LogP contribution in [0.1, 0.15) is 11.1 Å². The highest BCUT2D eigenvalue weighted by Gasteiger charge is 2.08. The van der Waals surface area contributed by atoms with Crippen molar-refractivity contribution < 1.29 is 9.50 Å². The minimum Gasteiger partial charge on any atom is -0.507 e. The van der Waals surface area contributed by atoms with E-state index in [9.17, 15) is 9.50 Å². The van der Waals surface area contributed by atoms with Crippen molar-refractivity contribution in [3.8, 4) is 5.75 Å². The minimum atomic E-state index is -0.355. The van der Waals surface area contributed by atoms with E-state index in [4.69, 9.17) is 5.73 Å². The maximum Gasteiger partial charge on any atom is 0.127 e. The van der Waals surface area contributed by atoms with Crippen LogP contribution in [0.5, 0.6) is 5.75 Å². The number of halogens is 1. The molecule has 0 atom stereocenters. The molecule has 0 unspecified atom stereocenters. The Morgan fingerprint density at radius 1 is 1.44 bits per heavy atom. The molecular formula is C12H17FN2O. The SMILES string of the molecule is CN(C)Cc1cc(F)cc(/C=C/CN)c1O. The van der Waals surface area contributed by atoms with E-state index in [0.717, 1.165) is 0 Å². The number of aromatic hydroxyl groups is 1. The maximum absolute atomic E-state index is 13.3. The van der Waals surface area contributed by atoms with Crippen LogP contribution < -0.4 is 5.73 Å². The van der Waals surface area contributed by atoms with Crippen molar-refractivity contribution in [3.05, 3.63) is 35.2 Å². The van der Waals surface area contributed by atoms with Gasteiger partial charge in [0.2, 0.25) is 0 Å². The molecule has 16 heavy (non-hydrogen) atoms. The molecule has 0 amide bonds. The summed E-state index contributed by atoms with van der Waals surface area (Å²) in [6.07, 6.45) is 3.30. The molecule has 0 spiro atoms. The monoisotopic (exact) mass is 224 g/mol. The number of hydrogen-bond acceptors (Lipinski definition) is 3. The second-order valence-electron chi connectivity index (χ2n) is 3.88. The third kappa shape index (κ3) is 3.32. The molecule has 88 valence electrons. The second-order valence-corrected chi connectivity index (χ2v) is 3.88. The molecule has 3 nitrogen and oxygen atoms in total. The van der Waals surface area contributed by atoms with Crippen molar-refractivity contribution in [1.82, 2.24) is 4.90 Å². The van der Waals surface area contributed by atoms with Crippen LogP contribution in [0.4, 0.5) is 4.39 Å². The van der Waals surface area contributed by atoms with Gasteiger partial charge >= 0.3 is 0 Å². The lowest BCUT2D eigenvalue weighted by atomic mass is 10.1. The van der Waals surface area contributed by atoms with Crippen LogP contribution in [0.2, 0.25) is 0 Å². The summed E-state index contributed by atoms with van der Waals surface area (Å²) >= 11 is 0. The van der Waals surface area contributed by atoms with Crippen molar-refractivity contribution in [1.29, 1.82) is 0 Å². The molecule has 1 aromatic rings. The fraction of sp³-hybridized carbons (Fsp3) is 0.333. The largest absolute Gasteiger partial charge is 0.507 e. The van der Waals surface area contributed by atoms with Crippen LogP contribution in [0.25, 0.3) is 6.08 Å². The first kappa shape index (κ1) is 12.7. The zero-order valence-electron chi connectivity index (χ0n) is 9.57. The summed E-state index contributed by atoms with van der Waals surface area (Å²) in [5.41, 5.74) is 6.34. The zero-order chi connectivity index (χ0) is 12.1. The molecular weight excluding hydrogens is 207 g/mol. The molecule has 0 aliphatic rings. The number of nitrogens with zero attached hydrogens (tertiary/aromatic N) is 1. The van der Waals surface area contributed by atoms with Gasteiger partial charge in [-0.25, -0.2) is 4.39 Å². The predicted octanol–water partition coefficient (Wildman–Crippen LogP) is 1.56. The Morgan fingerprint density at radius 2 is 2.12 bits per heavy atom. The van der Waals surface area contributed by atoms with Crippen LogP contribution in [-0.4, -0.2) is 30.6 Å². The summed E-state index contributed by atoms with van der Waals surface area (Å²) in [7, 11) is 3.72. The highest BCUT2D eigenvalue weighted by molar-refractivity contribution is 5.59. The van der Waals surface area contributed by atoms with Crippen LogP contribution in [0.15, 0.2) is 18.2 Å². The lowest BCUT2D eigenvalue weighted by molar-refractivity contribution is 0.384. The first-order chi connectivity index (χ1) is 7.54. The third-order valence-electron chi connectivity index (χ3n) is 2.10. The predicted molar refractivity (Wildman–Crippen MR) is 63.5 cm³/mol. The van der Waals surface area contributed by atoms with Gasteiger partial charge in [0.25, 0.3) is 0 Å². The summed E-state index contributed by atoms with van der Waals surface area (Å²) in [6.45, 7) is 0.853. The van der Waals surface area contributed by atoms with E-state index >= 15 is 0 Å². The molecule has 0 bridgehead atoms. The van der Waals surface area contributed by atoms with Gasteiger partial charge in [-0.1, -0.05) is 12.2 Å². The van der Waals surface area contributed by atoms with E-state index in [-0.39, 0.29) is 11.6 Å². The van der Waals surface area contributed by atoms with Gasteiger partial charge in [-0.15, -0.1) is 0 Å². The standard InChI is InChI=1S/C12H17FN2O/c1-15(2)8-10-7-11(13)6-9(12(10)16)4-3-5-14/h3-4,6-7,16H,5,8,14H2,1-2H3/b4-3+. The van der Waals surface area contributed by atoms with Crippen LogP contribution in [0.3, 0.4) is 0 Å². The normalized spacial score (nSPS) is 11.6. The van der Waals surface area contributed by atoms with E-state index in [1.807, 2.05) is 19.0 Å². The summed E-state index contributed by atoms with van der Waals surface area (Å²) in [5.74, 6) is -0.244. The molecule has 3 N–H and O–H groups in total. The lowest BCUT2D eigenvalue weighted by Crippen LogP contribution is -2.11. The Morgan fingerprint density at radius 3 is 2.69 bits per heavy atom. The molecule has 1 rings (SSSR count). The van der Waals surface area contributed by atoms with E-state index in [1.165, 1.54) is 12.1 Å². The summed E-state index contributed by atoms with van der Waals surface area (Å²) in [5, 5.41) is 9.90. The van der Waals surface area contributed by atoms with Crippen LogP contribution >= 0.6 is 0 Å². The van der Waals surface area contributed by atoms with Crippen molar-refractivity contribution in [2.75, 3.05) is 20.6 Å². The molecule has 0 saturated heterocycles. The van der Waals surface area contributed by atoms with Crippen LogP contribution in [0, 0.1) is 5.82 Å². The van der Waals surface area contributed by atoms with E-state index < -0.39 is 0 Å². The third-order valence-corrected chi connectivity index (χ3v) is 2.10. The number of rotatable bonds is 4. The molecule has 0 aliphatic carbocycles. The number of hydrogen-bond donors (Lipinski definition) is 2. The minimum absolute atomic E-state index is 0.111. The van der Waals surface area contributed by atoms with Gasteiger partial charge in [-0.3, -0.25) is 0 Å². The van der Waals surface area contributed by atoms with Crippen molar-refractivity contribution in [2.45, 2.75) is 6.54 Å². The second kappa shape index (κ2) is 5.63. The number of benzene rings is 1. The molecule has 4 heteroatoms. The first-order valence-electron chi connectivity index (χ1n) is 5.07. The molecule has 0 aliphatic heterocycles. The van der Waals surface area contributed by atoms with E-state index in [0.29, 0.717) is 24.2 Å². The maximum atomic E-state index is 13.3. The average molecular weight is 224 g/mol. The Bertz CT molecular complexity index is 389. The Kier molecular flexibility index (Phi) is 4.46. The van der Waals surface area contributed by atoms with Gasteiger partial charge in [-0.05, 0) is 26.2 Å². The highest BCUT2D eigenvalue weighted by atomic mass is 19.1. The van der Waals surface area contributed by atoms with Gasteiger partial charge in [-0.2, -0.15) is 0 Å². The highest BCUT2D eigenvalue weighted by Crippen LogP contribution is 2.26. The fourth-order valence-electron chi connectivity index (χ4n) is 1.46. The number of nitrogens with two attached hydrogens (primary N) is 1. The summed E-state index contributed by atoms with van der Waals surface area (Å²) < 4.78 is 13.3. The quantitative estimate of drug-likeness (QED) is 0.816. The van der Waals surface area contributed by atoms with Gasteiger partial charge in [0.15, 0.2) is 0 Å². The summed E-state index contributed by atoms with van der Waals surface area (Å²) in [4.78, 5) is 1.87. The molecule has 0 radical (unpaired) electrons. The molecule has 1 aromatic carbocycles. The average Bonchev–Trinajstić information content (AvgIpc) is 2.20. The van der Waals surface area contributed by atoms with E-state index in [1.54, 1.807) is 12.2 Å². The van der Waals surface area contributed by atoms with Gasteiger partial charge in [0, 0.05) is 24.2 Å². The van der Waals surface area contributed by atoms with Crippen molar-refractivity contribution in [3.63, 3.8) is 0 Å². The van der Waals surface area contributed by atoms with Crippen molar-refractivity contribution >= 4 is 6.08 Å². The number of phenolic OH excluding ortho intramolecular Hbond substituents is 1. The Hall–Kier alpha value is -1.39. The fourth-order valence-corrected chi connectivity index (χ4v) is 1.46. The summed E-state index contributed by atoms with van der Waals surface area (Å²) in [6, 6.07) is 2.63.